The number of fused-ring (bicyclic) bond motifs is 3. The summed E-state index contributed by atoms with van der Waals surface area (Å²) in [5, 5.41) is 14.8. The zero-order valence-corrected chi connectivity index (χ0v) is 20.9. The lowest BCUT2D eigenvalue weighted by Gasteiger charge is -2.25. The highest BCUT2D eigenvalue weighted by Crippen LogP contribution is 2.44. The van der Waals surface area contributed by atoms with Crippen LogP contribution in [-0.4, -0.2) is 41.8 Å². The van der Waals surface area contributed by atoms with Gasteiger partial charge in [0.15, 0.2) is 0 Å². The van der Waals surface area contributed by atoms with Crippen LogP contribution in [0.25, 0.3) is 11.1 Å². The Morgan fingerprint density at radius 3 is 2.00 bits per heavy atom. The van der Waals surface area contributed by atoms with Crippen LogP contribution in [-0.2, 0) is 14.3 Å². The molecule has 7 nitrogen and oxygen atoms in total. The molecule has 2 amide bonds. The quantitative estimate of drug-likeness (QED) is 0.422. The number of carbonyl (C=O) groups is 3. The van der Waals surface area contributed by atoms with Gasteiger partial charge in [-0.2, -0.15) is 0 Å². The highest BCUT2D eigenvalue weighted by molar-refractivity contribution is 5.89. The van der Waals surface area contributed by atoms with Crippen LogP contribution < -0.4 is 10.6 Å². The molecular formula is C28H36N2O5. The van der Waals surface area contributed by atoms with Crippen molar-refractivity contribution in [3.8, 4) is 11.1 Å². The van der Waals surface area contributed by atoms with Gasteiger partial charge < -0.3 is 20.5 Å². The fraction of sp³-hybridized carbons (Fsp3) is 0.464. The molecule has 0 fully saturated rings. The second-order valence-electron chi connectivity index (χ2n) is 9.70. The van der Waals surface area contributed by atoms with E-state index >= 15 is 0 Å². The molecule has 2 unspecified atom stereocenters. The van der Waals surface area contributed by atoms with Gasteiger partial charge in [0.2, 0.25) is 5.91 Å². The molecule has 3 atom stereocenters. The Morgan fingerprint density at radius 2 is 1.49 bits per heavy atom. The molecule has 3 N–H and O–H groups in total. The third kappa shape index (κ3) is 6.41. The zero-order chi connectivity index (χ0) is 25.5. The van der Waals surface area contributed by atoms with Crippen molar-refractivity contribution in [2.24, 2.45) is 11.8 Å². The third-order valence-corrected chi connectivity index (χ3v) is 6.76. The van der Waals surface area contributed by atoms with E-state index in [9.17, 15) is 19.5 Å². The van der Waals surface area contributed by atoms with E-state index in [4.69, 9.17) is 4.74 Å². The molecule has 35 heavy (non-hydrogen) atoms. The zero-order valence-electron chi connectivity index (χ0n) is 20.9. The highest BCUT2D eigenvalue weighted by Gasteiger charge is 2.31. The molecule has 0 heterocycles. The lowest BCUT2D eigenvalue weighted by atomic mass is 9.98. The molecule has 0 bridgehead atoms. The number of amides is 2. The lowest BCUT2D eigenvalue weighted by molar-refractivity contribution is -0.143. The van der Waals surface area contributed by atoms with Crippen LogP contribution in [0.5, 0.6) is 0 Å². The Labute approximate surface area is 207 Å². The number of aliphatic carboxylic acids is 1. The number of hydrogen-bond acceptors (Lipinski definition) is 4. The number of alkyl carbamates (subject to hydrolysis) is 1. The molecule has 2 aromatic carbocycles. The fourth-order valence-electron chi connectivity index (χ4n) is 4.49. The van der Waals surface area contributed by atoms with E-state index in [2.05, 4.69) is 22.8 Å². The summed E-state index contributed by atoms with van der Waals surface area (Å²) in [4.78, 5) is 37.4. The Kier molecular flexibility index (Phi) is 8.90. The Hall–Kier alpha value is -3.35. The first-order valence-corrected chi connectivity index (χ1v) is 12.4. The average Bonchev–Trinajstić information content (AvgIpc) is 3.16. The van der Waals surface area contributed by atoms with Crippen LogP contribution in [0, 0.1) is 11.8 Å². The number of carboxylic acids is 1. The number of benzene rings is 2. The van der Waals surface area contributed by atoms with E-state index in [1.165, 1.54) is 0 Å². The van der Waals surface area contributed by atoms with Gasteiger partial charge >= 0.3 is 12.1 Å². The van der Waals surface area contributed by atoms with E-state index in [1.807, 2.05) is 57.2 Å². The van der Waals surface area contributed by atoms with Crippen LogP contribution in [0.1, 0.15) is 64.0 Å². The fourth-order valence-corrected chi connectivity index (χ4v) is 4.49. The summed E-state index contributed by atoms with van der Waals surface area (Å²) in [5.74, 6) is -1.60. The number of ether oxygens (including phenoxy) is 1. The van der Waals surface area contributed by atoms with Crippen LogP contribution in [0.15, 0.2) is 48.5 Å². The summed E-state index contributed by atoms with van der Waals surface area (Å²) < 4.78 is 5.60. The summed E-state index contributed by atoms with van der Waals surface area (Å²) in [5.41, 5.74) is 4.48. The van der Waals surface area contributed by atoms with Gasteiger partial charge in [-0.1, -0.05) is 82.6 Å². The first-order chi connectivity index (χ1) is 16.7. The molecule has 0 saturated carbocycles. The van der Waals surface area contributed by atoms with Gasteiger partial charge in [0.25, 0.3) is 0 Å². The minimum atomic E-state index is -1.09. The van der Waals surface area contributed by atoms with Crippen LogP contribution in [0.4, 0.5) is 4.79 Å². The molecule has 1 aliphatic carbocycles. The second-order valence-corrected chi connectivity index (χ2v) is 9.70. The van der Waals surface area contributed by atoms with Crippen molar-refractivity contribution in [1.29, 1.82) is 0 Å². The van der Waals surface area contributed by atoms with Crippen molar-refractivity contribution < 1.29 is 24.2 Å². The maximum absolute atomic E-state index is 13.0. The molecule has 1 aliphatic rings. The number of nitrogens with one attached hydrogen (secondary N) is 2. The Bertz CT molecular complexity index is 1010. The van der Waals surface area contributed by atoms with Crippen molar-refractivity contribution in [3.05, 3.63) is 59.7 Å². The normalized spacial score (nSPS) is 15.0. The lowest BCUT2D eigenvalue weighted by Crippen LogP contribution is -2.53. The van der Waals surface area contributed by atoms with Gasteiger partial charge in [0, 0.05) is 5.92 Å². The van der Waals surface area contributed by atoms with Gasteiger partial charge in [0.1, 0.15) is 18.7 Å². The standard InChI is InChI=1S/C28H36N2O5/c1-5-18(4)25(27(32)33)30-26(31)24(15-14-17(2)3)29-28(34)35-16-23-21-12-8-6-10-19(21)20-11-7-9-13-22(20)23/h6-13,17-18,23-25H,5,14-16H2,1-4H3,(H,29,34)(H,30,31)(H,32,33)/t18?,24?,25-/m0/s1. The van der Waals surface area contributed by atoms with Crippen molar-refractivity contribution >= 4 is 18.0 Å². The molecular weight excluding hydrogens is 444 g/mol. The maximum Gasteiger partial charge on any atom is 0.407 e. The van der Waals surface area contributed by atoms with Gasteiger partial charge in [-0.3, -0.25) is 4.79 Å². The summed E-state index contributed by atoms with van der Waals surface area (Å²) in [6.07, 6.45) is 1.00. The number of carbonyl (C=O) groups excluding carboxylic acids is 2. The SMILES string of the molecule is CCC(C)[C@H](NC(=O)C(CCC(C)C)NC(=O)OCC1c2ccccc2-c2ccccc21)C(=O)O. The Morgan fingerprint density at radius 1 is 0.914 bits per heavy atom. The molecule has 7 heteroatoms. The van der Waals surface area contributed by atoms with Gasteiger partial charge in [-0.15, -0.1) is 0 Å². The van der Waals surface area contributed by atoms with Crippen LogP contribution in [0.3, 0.4) is 0 Å². The molecule has 188 valence electrons. The van der Waals surface area contributed by atoms with E-state index in [0.29, 0.717) is 25.2 Å². The van der Waals surface area contributed by atoms with Crippen molar-refractivity contribution in [1.82, 2.24) is 10.6 Å². The summed E-state index contributed by atoms with van der Waals surface area (Å²) >= 11 is 0. The smallest absolute Gasteiger partial charge is 0.407 e. The van der Waals surface area contributed by atoms with E-state index < -0.39 is 30.1 Å². The largest absolute Gasteiger partial charge is 0.480 e. The first-order valence-electron chi connectivity index (χ1n) is 12.4. The summed E-state index contributed by atoms with van der Waals surface area (Å²) in [7, 11) is 0. The highest BCUT2D eigenvalue weighted by atomic mass is 16.5. The van der Waals surface area contributed by atoms with Crippen molar-refractivity contribution in [2.45, 2.75) is 65.0 Å². The molecule has 2 aromatic rings. The first kappa shape index (κ1) is 26.3. The van der Waals surface area contributed by atoms with Gasteiger partial charge in [0.05, 0.1) is 0 Å². The molecule has 0 saturated heterocycles. The van der Waals surface area contributed by atoms with Gasteiger partial charge in [-0.05, 0) is 46.9 Å². The van der Waals surface area contributed by atoms with Crippen molar-refractivity contribution in [2.75, 3.05) is 6.61 Å². The van der Waals surface area contributed by atoms with Gasteiger partial charge in [-0.25, -0.2) is 9.59 Å². The summed E-state index contributed by atoms with van der Waals surface area (Å²) in [6.45, 7) is 7.85. The number of rotatable bonds is 11. The van der Waals surface area contributed by atoms with Crippen LogP contribution in [0.2, 0.25) is 0 Å². The molecule has 3 rings (SSSR count). The van der Waals surface area contributed by atoms with E-state index in [1.54, 1.807) is 6.92 Å². The Balaban J connectivity index is 1.68. The predicted octanol–water partition coefficient (Wildman–Crippen LogP) is 4.95. The maximum atomic E-state index is 13.0. The minimum absolute atomic E-state index is 0.0853. The third-order valence-electron chi connectivity index (χ3n) is 6.76. The second kappa shape index (κ2) is 11.9. The molecule has 0 aliphatic heterocycles. The number of hydrogen-bond donors (Lipinski definition) is 3. The van der Waals surface area contributed by atoms with E-state index in [0.717, 1.165) is 22.3 Å². The average molecular weight is 481 g/mol. The van der Waals surface area contributed by atoms with Crippen molar-refractivity contribution in [3.63, 3.8) is 0 Å². The van der Waals surface area contributed by atoms with E-state index in [-0.39, 0.29) is 18.4 Å². The minimum Gasteiger partial charge on any atom is -0.480 e. The summed E-state index contributed by atoms with van der Waals surface area (Å²) in [6, 6.07) is 14.3. The topological polar surface area (TPSA) is 105 Å². The molecule has 0 spiro atoms. The predicted molar refractivity (Wildman–Crippen MR) is 135 cm³/mol. The monoisotopic (exact) mass is 480 g/mol. The number of carboxylic acid groups (broad SMARTS) is 1. The molecule has 0 radical (unpaired) electrons. The van der Waals surface area contributed by atoms with Crippen LogP contribution >= 0.6 is 0 Å². The molecule has 0 aromatic heterocycles.